The van der Waals surface area contributed by atoms with Crippen molar-refractivity contribution in [2.45, 2.75) is 6.54 Å². The highest BCUT2D eigenvalue weighted by Gasteiger charge is 2.17. The molecule has 17 heavy (non-hydrogen) atoms. The molecule has 0 aromatic heterocycles. The van der Waals surface area contributed by atoms with Crippen LogP contribution in [0.25, 0.3) is 0 Å². The molecule has 1 heterocycles. The fourth-order valence-electron chi connectivity index (χ4n) is 2.04. The Morgan fingerprint density at radius 1 is 1.24 bits per heavy atom. The SMILES string of the molecule is COc1ccccc1CN1CCN(SS)CC1. The van der Waals surface area contributed by atoms with E-state index in [9.17, 15) is 0 Å². The minimum absolute atomic E-state index is 0.967. The molecule has 1 aromatic carbocycles. The summed E-state index contributed by atoms with van der Waals surface area (Å²) >= 11 is 4.23. The first-order valence-corrected chi connectivity index (χ1v) is 7.57. The van der Waals surface area contributed by atoms with Gasteiger partial charge in [-0.05, 0) is 17.0 Å². The molecule has 0 N–H and O–H groups in total. The summed E-state index contributed by atoms with van der Waals surface area (Å²) in [5.74, 6) is 0.985. The lowest BCUT2D eigenvalue weighted by atomic mass is 10.2. The van der Waals surface area contributed by atoms with Gasteiger partial charge in [0, 0.05) is 38.3 Å². The van der Waals surface area contributed by atoms with Gasteiger partial charge in [-0.15, -0.1) is 0 Å². The Kier molecular flexibility index (Phi) is 5.03. The fraction of sp³-hybridized carbons (Fsp3) is 0.500. The van der Waals surface area contributed by atoms with Crippen molar-refractivity contribution in [2.24, 2.45) is 0 Å². The van der Waals surface area contributed by atoms with Crippen LogP contribution < -0.4 is 4.74 Å². The smallest absolute Gasteiger partial charge is 0.123 e. The lowest BCUT2D eigenvalue weighted by molar-refractivity contribution is 0.188. The number of benzene rings is 1. The second-order valence-electron chi connectivity index (χ2n) is 4.10. The lowest BCUT2D eigenvalue weighted by Crippen LogP contribution is -2.42. The number of rotatable bonds is 4. The van der Waals surface area contributed by atoms with E-state index in [2.05, 4.69) is 33.0 Å². The van der Waals surface area contributed by atoms with E-state index in [0.717, 1.165) is 38.5 Å². The van der Waals surface area contributed by atoms with E-state index in [-0.39, 0.29) is 0 Å². The minimum atomic E-state index is 0.967. The Bertz CT molecular complexity index is 354. The zero-order valence-electron chi connectivity index (χ0n) is 10.0. The summed E-state index contributed by atoms with van der Waals surface area (Å²) in [6.45, 7) is 5.29. The summed E-state index contributed by atoms with van der Waals surface area (Å²) in [4.78, 5) is 2.46. The van der Waals surface area contributed by atoms with E-state index in [1.54, 1.807) is 7.11 Å². The zero-order chi connectivity index (χ0) is 12.1. The monoisotopic (exact) mass is 270 g/mol. The van der Waals surface area contributed by atoms with Gasteiger partial charge in [0.15, 0.2) is 0 Å². The third-order valence-corrected chi connectivity index (χ3v) is 4.32. The first-order valence-electron chi connectivity index (χ1n) is 5.74. The molecule has 0 unspecified atom stereocenters. The Hall–Kier alpha value is -0.360. The van der Waals surface area contributed by atoms with Gasteiger partial charge in [-0.25, -0.2) is 4.31 Å². The summed E-state index contributed by atoms with van der Waals surface area (Å²) in [6.07, 6.45) is 0. The normalized spacial score (nSPS) is 18.2. The standard InChI is InChI=1S/C12H18N2OS2/c1-15-12-5-3-2-4-11(12)10-13-6-8-14(17-16)9-7-13/h2-5,16H,6-10H2,1H3. The van der Waals surface area contributed by atoms with Crippen molar-refractivity contribution >= 4 is 22.6 Å². The molecule has 0 atom stereocenters. The molecule has 0 saturated carbocycles. The third-order valence-electron chi connectivity index (χ3n) is 3.03. The lowest BCUT2D eigenvalue weighted by Gasteiger charge is -2.32. The van der Waals surface area contributed by atoms with Gasteiger partial charge in [0.2, 0.25) is 0 Å². The molecule has 0 radical (unpaired) electrons. The van der Waals surface area contributed by atoms with Crippen molar-refractivity contribution in [1.82, 2.24) is 9.21 Å². The van der Waals surface area contributed by atoms with Gasteiger partial charge in [-0.1, -0.05) is 29.9 Å². The average molecular weight is 270 g/mol. The van der Waals surface area contributed by atoms with Crippen LogP contribution in [0.5, 0.6) is 5.75 Å². The number of methoxy groups -OCH3 is 1. The minimum Gasteiger partial charge on any atom is -0.496 e. The van der Waals surface area contributed by atoms with Crippen molar-refractivity contribution in [3.05, 3.63) is 29.8 Å². The maximum Gasteiger partial charge on any atom is 0.123 e. The maximum absolute atomic E-state index is 5.38. The average Bonchev–Trinajstić information content (AvgIpc) is 2.40. The number of piperazine rings is 1. The fourth-order valence-corrected chi connectivity index (χ4v) is 2.86. The highest BCUT2D eigenvalue weighted by molar-refractivity contribution is 8.67. The molecule has 0 bridgehead atoms. The molecule has 1 aromatic rings. The van der Waals surface area contributed by atoms with Gasteiger partial charge in [0.25, 0.3) is 0 Å². The molecule has 0 amide bonds. The number of thiol groups is 1. The molecule has 0 spiro atoms. The number of ether oxygens (including phenoxy) is 1. The highest BCUT2D eigenvalue weighted by Crippen LogP contribution is 2.21. The Balaban J connectivity index is 1.93. The first-order chi connectivity index (χ1) is 8.33. The van der Waals surface area contributed by atoms with Gasteiger partial charge in [-0.3, -0.25) is 4.90 Å². The third kappa shape index (κ3) is 3.55. The van der Waals surface area contributed by atoms with E-state index >= 15 is 0 Å². The van der Waals surface area contributed by atoms with Crippen LogP contribution in [0, 0.1) is 0 Å². The Labute approximate surface area is 112 Å². The van der Waals surface area contributed by atoms with Crippen LogP contribution in [-0.2, 0) is 6.54 Å². The van der Waals surface area contributed by atoms with Gasteiger partial charge in [0.1, 0.15) is 5.75 Å². The summed E-state index contributed by atoms with van der Waals surface area (Å²) in [5.41, 5.74) is 1.27. The largest absolute Gasteiger partial charge is 0.496 e. The molecule has 2 rings (SSSR count). The zero-order valence-corrected chi connectivity index (χ0v) is 11.7. The molecule has 3 nitrogen and oxygen atoms in total. The first kappa shape index (κ1) is 13.1. The van der Waals surface area contributed by atoms with Crippen molar-refractivity contribution in [2.75, 3.05) is 33.3 Å². The van der Waals surface area contributed by atoms with Crippen LogP contribution in [0.2, 0.25) is 0 Å². The molecular weight excluding hydrogens is 252 g/mol. The second kappa shape index (κ2) is 6.54. The quantitative estimate of drug-likeness (QED) is 0.513. The molecule has 1 fully saturated rings. The number of nitrogens with zero attached hydrogens (tertiary/aromatic N) is 2. The van der Waals surface area contributed by atoms with E-state index in [1.807, 2.05) is 12.1 Å². The summed E-state index contributed by atoms with van der Waals surface area (Å²) in [7, 11) is 3.27. The Morgan fingerprint density at radius 3 is 2.59 bits per heavy atom. The predicted molar refractivity (Wildman–Crippen MR) is 76.4 cm³/mol. The molecule has 1 aliphatic heterocycles. The van der Waals surface area contributed by atoms with Gasteiger partial charge < -0.3 is 4.74 Å². The predicted octanol–water partition coefficient (Wildman–Crippen LogP) is 2.31. The molecular formula is C12H18N2OS2. The van der Waals surface area contributed by atoms with E-state index in [0.29, 0.717) is 0 Å². The molecule has 5 heteroatoms. The topological polar surface area (TPSA) is 15.7 Å². The van der Waals surface area contributed by atoms with Gasteiger partial charge in [-0.2, -0.15) is 0 Å². The maximum atomic E-state index is 5.38. The molecule has 94 valence electrons. The van der Waals surface area contributed by atoms with Crippen molar-refractivity contribution in [3.63, 3.8) is 0 Å². The van der Waals surface area contributed by atoms with Crippen LogP contribution in [0.4, 0.5) is 0 Å². The second-order valence-corrected chi connectivity index (χ2v) is 5.27. The van der Waals surface area contributed by atoms with E-state index in [4.69, 9.17) is 4.74 Å². The van der Waals surface area contributed by atoms with Crippen LogP contribution in [0.15, 0.2) is 24.3 Å². The summed E-state index contributed by atoms with van der Waals surface area (Å²) in [6, 6.07) is 8.24. The molecule has 1 aliphatic rings. The van der Waals surface area contributed by atoms with Crippen molar-refractivity contribution in [1.29, 1.82) is 0 Å². The number of para-hydroxylation sites is 1. The highest BCUT2D eigenvalue weighted by atomic mass is 33.1. The molecule has 1 saturated heterocycles. The van der Waals surface area contributed by atoms with Crippen LogP contribution >= 0.6 is 22.6 Å². The van der Waals surface area contributed by atoms with E-state index < -0.39 is 0 Å². The summed E-state index contributed by atoms with van der Waals surface area (Å²) < 4.78 is 7.66. The van der Waals surface area contributed by atoms with Crippen LogP contribution in [-0.4, -0.2) is 42.5 Å². The molecule has 0 aliphatic carbocycles. The van der Waals surface area contributed by atoms with Crippen molar-refractivity contribution in [3.8, 4) is 5.75 Å². The Morgan fingerprint density at radius 2 is 1.94 bits per heavy atom. The van der Waals surface area contributed by atoms with Gasteiger partial charge in [0.05, 0.1) is 7.11 Å². The van der Waals surface area contributed by atoms with Crippen molar-refractivity contribution < 1.29 is 4.74 Å². The summed E-state index contributed by atoms with van der Waals surface area (Å²) in [5, 5.41) is 0. The van der Waals surface area contributed by atoms with Crippen LogP contribution in [0.3, 0.4) is 0 Å². The number of hydrogen-bond acceptors (Lipinski definition) is 5. The van der Waals surface area contributed by atoms with Gasteiger partial charge >= 0.3 is 0 Å². The van der Waals surface area contributed by atoms with E-state index in [1.165, 1.54) is 16.5 Å². The van der Waals surface area contributed by atoms with Crippen LogP contribution in [0.1, 0.15) is 5.56 Å². The number of hydrogen-bond donors (Lipinski definition) is 1.